The van der Waals surface area contributed by atoms with Crippen LogP contribution in [-0.2, 0) is 17.8 Å². The highest BCUT2D eigenvalue weighted by molar-refractivity contribution is 7.09. The Morgan fingerprint density at radius 3 is 2.82 bits per heavy atom. The van der Waals surface area contributed by atoms with E-state index >= 15 is 0 Å². The predicted molar refractivity (Wildman–Crippen MR) is 88.1 cm³/mol. The fraction of sp³-hybridized carbons (Fsp3) is 0.353. The zero-order valence-electron chi connectivity index (χ0n) is 12.8. The standard InChI is InChI=1S/C17H21NO3S/c1-12(9-16-7-4-8-22-16)18-17(20)13(2)21-15-6-3-5-14(10-15)11-19/h3-8,10,12-13,19H,9,11H2,1-2H3,(H,18,20). The number of amides is 1. The molecule has 4 nitrogen and oxygen atoms in total. The third-order valence-electron chi connectivity index (χ3n) is 3.24. The molecule has 2 atom stereocenters. The van der Waals surface area contributed by atoms with E-state index in [0.29, 0.717) is 5.75 Å². The summed E-state index contributed by atoms with van der Waals surface area (Å²) in [6, 6.07) is 11.2. The SMILES string of the molecule is CC(Cc1cccs1)NC(=O)C(C)Oc1cccc(CO)c1. The summed E-state index contributed by atoms with van der Waals surface area (Å²) in [6.07, 6.45) is 0.232. The molecule has 0 saturated heterocycles. The monoisotopic (exact) mass is 319 g/mol. The Labute approximate surface area is 134 Å². The Kier molecular flexibility index (Phi) is 5.98. The normalized spacial score (nSPS) is 13.4. The van der Waals surface area contributed by atoms with Gasteiger partial charge < -0.3 is 15.2 Å². The maximum absolute atomic E-state index is 12.2. The van der Waals surface area contributed by atoms with Crippen molar-refractivity contribution in [1.82, 2.24) is 5.32 Å². The molecular weight excluding hydrogens is 298 g/mol. The number of benzene rings is 1. The number of rotatable bonds is 7. The summed E-state index contributed by atoms with van der Waals surface area (Å²) < 4.78 is 5.63. The van der Waals surface area contributed by atoms with Gasteiger partial charge in [0.25, 0.3) is 5.91 Å². The lowest BCUT2D eigenvalue weighted by Gasteiger charge is -2.18. The first-order valence-corrected chi connectivity index (χ1v) is 8.15. The van der Waals surface area contributed by atoms with Crippen LogP contribution < -0.4 is 10.1 Å². The second kappa shape index (κ2) is 7.96. The molecule has 5 heteroatoms. The third kappa shape index (κ3) is 4.86. The molecule has 0 aliphatic carbocycles. The lowest BCUT2D eigenvalue weighted by molar-refractivity contribution is -0.127. The molecule has 1 heterocycles. The number of aliphatic hydroxyl groups excluding tert-OH is 1. The highest BCUT2D eigenvalue weighted by Gasteiger charge is 2.17. The summed E-state index contributed by atoms with van der Waals surface area (Å²) in [7, 11) is 0. The minimum atomic E-state index is -0.584. The molecule has 2 unspecified atom stereocenters. The van der Waals surface area contributed by atoms with Crippen molar-refractivity contribution in [1.29, 1.82) is 0 Å². The van der Waals surface area contributed by atoms with Gasteiger partial charge in [0.05, 0.1) is 6.61 Å². The fourth-order valence-electron chi connectivity index (χ4n) is 2.12. The number of aliphatic hydroxyl groups is 1. The van der Waals surface area contributed by atoms with Gasteiger partial charge in [-0.1, -0.05) is 18.2 Å². The lowest BCUT2D eigenvalue weighted by Crippen LogP contribution is -2.42. The van der Waals surface area contributed by atoms with Crippen LogP contribution in [0.15, 0.2) is 41.8 Å². The highest BCUT2D eigenvalue weighted by atomic mass is 32.1. The van der Waals surface area contributed by atoms with E-state index in [2.05, 4.69) is 11.4 Å². The van der Waals surface area contributed by atoms with Gasteiger partial charge in [-0.25, -0.2) is 0 Å². The second-order valence-corrected chi connectivity index (χ2v) is 6.29. The van der Waals surface area contributed by atoms with E-state index in [1.165, 1.54) is 4.88 Å². The molecule has 1 aromatic carbocycles. The topological polar surface area (TPSA) is 58.6 Å². The van der Waals surface area contributed by atoms with Crippen molar-refractivity contribution in [2.24, 2.45) is 0 Å². The quantitative estimate of drug-likeness (QED) is 0.825. The predicted octanol–water partition coefficient (Wildman–Crippen LogP) is 2.76. The zero-order chi connectivity index (χ0) is 15.9. The van der Waals surface area contributed by atoms with E-state index in [4.69, 9.17) is 9.84 Å². The van der Waals surface area contributed by atoms with Crippen LogP contribution in [0.3, 0.4) is 0 Å². The summed E-state index contributed by atoms with van der Waals surface area (Å²) >= 11 is 1.69. The first-order valence-electron chi connectivity index (χ1n) is 7.27. The molecule has 0 aliphatic heterocycles. The molecule has 0 bridgehead atoms. The van der Waals surface area contributed by atoms with E-state index in [-0.39, 0.29) is 18.6 Å². The molecule has 1 amide bonds. The summed E-state index contributed by atoms with van der Waals surface area (Å²) in [4.78, 5) is 13.4. The number of hydrogen-bond acceptors (Lipinski definition) is 4. The van der Waals surface area contributed by atoms with E-state index < -0.39 is 6.10 Å². The van der Waals surface area contributed by atoms with Crippen LogP contribution >= 0.6 is 11.3 Å². The molecule has 22 heavy (non-hydrogen) atoms. The van der Waals surface area contributed by atoms with Crippen molar-refractivity contribution in [3.8, 4) is 5.75 Å². The van der Waals surface area contributed by atoms with Crippen LogP contribution in [0.5, 0.6) is 5.75 Å². The molecule has 0 fully saturated rings. The number of carbonyl (C=O) groups is 1. The molecule has 1 aromatic heterocycles. The van der Waals surface area contributed by atoms with Crippen LogP contribution in [0, 0.1) is 0 Å². The van der Waals surface area contributed by atoms with Gasteiger partial charge in [-0.2, -0.15) is 0 Å². The van der Waals surface area contributed by atoms with E-state index in [9.17, 15) is 4.79 Å². The summed E-state index contributed by atoms with van der Waals surface area (Å²) in [5.41, 5.74) is 0.760. The Morgan fingerprint density at radius 1 is 1.32 bits per heavy atom. The van der Waals surface area contributed by atoms with E-state index in [1.807, 2.05) is 18.4 Å². The number of nitrogens with one attached hydrogen (secondary N) is 1. The number of ether oxygens (including phenoxy) is 1. The number of hydrogen-bond donors (Lipinski definition) is 2. The molecule has 0 radical (unpaired) electrons. The van der Waals surface area contributed by atoms with Crippen LogP contribution in [0.1, 0.15) is 24.3 Å². The first-order chi connectivity index (χ1) is 10.6. The Morgan fingerprint density at radius 2 is 2.14 bits per heavy atom. The molecule has 0 aliphatic rings. The van der Waals surface area contributed by atoms with E-state index in [0.717, 1.165) is 12.0 Å². The summed E-state index contributed by atoms with van der Waals surface area (Å²) in [6.45, 7) is 3.66. The maximum atomic E-state index is 12.2. The van der Waals surface area contributed by atoms with E-state index in [1.54, 1.807) is 42.5 Å². The largest absolute Gasteiger partial charge is 0.481 e. The van der Waals surface area contributed by atoms with Gasteiger partial charge in [-0.3, -0.25) is 4.79 Å². The highest BCUT2D eigenvalue weighted by Crippen LogP contribution is 2.15. The van der Waals surface area contributed by atoms with Crippen molar-refractivity contribution in [2.75, 3.05) is 0 Å². The van der Waals surface area contributed by atoms with Crippen LogP contribution in [-0.4, -0.2) is 23.2 Å². The molecular formula is C17H21NO3S. The molecule has 2 aromatic rings. The van der Waals surface area contributed by atoms with Gasteiger partial charge >= 0.3 is 0 Å². The van der Waals surface area contributed by atoms with Gasteiger partial charge in [0, 0.05) is 17.3 Å². The van der Waals surface area contributed by atoms with Crippen LogP contribution in [0.4, 0.5) is 0 Å². The van der Waals surface area contributed by atoms with Crippen LogP contribution in [0.25, 0.3) is 0 Å². The molecule has 2 rings (SSSR count). The number of thiophene rings is 1. The van der Waals surface area contributed by atoms with Crippen molar-refractivity contribution < 1.29 is 14.6 Å². The Balaban J connectivity index is 1.85. The Bertz CT molecular complexity index is 598. The molecule has 2 N–H and O–H groups in total. The average molecular weight is 319 g/mol. The summed E-state index contributed by atoms with van der Waals surface area (Å²) in [5, 5.41) is 14.1. The van der Waals surface area contributed by atoms with Crippen LogP contribution in [0.2, 0.25) is 0 Å². The molecule has 0 spiro atoms. The van der Waals surface area contributed by atoms with Gasteiger partial charge in [-0.05, 0) is 43.0 Å². The van der Waals surface area contributed by atoms with Gasteiger partial charge in [0.15, 0.2) is 6.10 Å². The Hall–Kier alpha value is -1.85. The third-order valence-corrected chi connectivity index (χ3v) is 4.14. The first kappa shape index (κ1) is 16.5. The molecule has 118 valence electrons. The molecule has 0 saturated carbocycles. The average Bonchev–Trinajstić information content (AvgIpc) is 3.00. The van der Waals surface area contributed by atoms with Crippen molar-refractivity contribution in [3.05, 3.63) is 52.2 Å². The van der Waals surface area contributed by atoms with Crippen molar-refractivity contribution in [3.63, 3.8) is 0 Å². The fourth-order valence-corrected chi connectivity index (χ4v) is 2.95. The van der Waals surface area contributed by atoms with Gasteiger partial charge in [0.2, 0.25) is 0 Å². The van der Waals surface area contributed by atoms with Gasteiger partial charge in [0.1, 0.15) is 5.75 Å². The lowest BCUT2D eigenvalue weighted by atomic mass is 10.2. The van der Waals surface area contributed by atoms with Gasteiger partial charge in [-0.15, -0.1) is 11.3 Å². The van der Waals surface area contributed by atoms with Crippen molar-refractivity contribution >= 4 is 17.2 Å². The van der Waals surface area contributed by atoms with Crippen molar-refractivity contribution in [2.45, 2.75) is 39.0 Å². The minimum absolute atomic E-state index is 0.0460. The zero-order valence-corrected chi connectivity index (χ0v) is 13.6. The minimum Gasteiger partial charge on any atom is -0.481 e. The second-order valence-electron chi connectivity index (χ2n) is 5.26. The maximum Gasteiger partial charge on any atom is 0.260 e. The number of carbonyl (C=O) groups excluding carboxylic acids is 1. The smallest absolute Gasteiger partial charge is 0.260 e. The summed E-state index contributed by atoms with van der Waals surface area (Å²) in [5.74, 6) is 0.443.